The number of ether oxygens (including phenoxy) is 1. The Morgan fingerprint density at radius 2 is 2.28 bits per heavy atom. The first-order chi connectivity index (χ1) is 8.60. The van der Waals surface area contributed by atoms with Crippen molar-refractivity contribution in [3.05, 3.63) is 11.7 Å². The fourth-order valence-electron chi connectivity index (χ4n) is 2.26. The second kappa shape index (κ2) is 5.80. The minimum Gasteiger partial charge on any atom is -0.367 e. The molecule has 0 aliphatic carbocycles. The molecule has 0 spiro atoms. The van der Waals surface area contributed by atoms with Gasteiger partial charge in [0.1, 0.15) is 5.60 Å². The van der Waals surface area contributed by atoms with Crippen LogP contribution < -0.4 is 5.73 Å². The molecule has 18 heavy (non-hydrogen) atoms. The SMILES string of the molecule is CC(N)CCCc1nc(C2(C)CCCCO2)no1. The molecular weight excluding hydrogens is 230 g/mol. The minimum atomic E-state index is -0.360. The molecule has 1 fully saturated rings. The molecule has 0 aromatic carbocycles. The average molecular weight is 253 g/mol. The van der Waals surface area contributed by atoms with E-state index in [1.807, 2.05) is 13.8 Å². The molecule has 5 nitrogen and oxygen atoms in total. The van der Waals surface area contributed by atoms with Crippen LogP contribution in [0.25, 0.3) is 0 Å². The van der Waals surface area contributed by atoms with E-state index < -0.39 is 0 Å². The standard InChI is InChI=1S/C13H23N3O2/c1-10(14)6-5-7-11-15-12(16-18-11)13(2)8-3-4-9-17-13/h10H,3-9,14H2,1-2H3. The zero-order valence-corrected chi connectivity index (χ0v) is 11.3. The summed E-state index contributed by atoms with van der Waals surface area (Å²) in [6.45, 7) is 4.84. The molecule has 2 N–H and O–H groups in total. The lowest BCUT2D eigenvalue weighted by molar-refractivity contribution is -0.0770. The van der Waals surface area contributed by atoms with Crippen LogP contribution in [0.1, 0.15) is 57.7 Å². The Morgan fingerprint density at radius 3 is 2.94 bits per heavy atom. The molecule has 1 saturated heterocycles. The molecule has 102 valence electrons. The van der Waals surface area contributed by atoms with Gasteiger partial charge in [-0.2, -0.15) is 4.98 Å². The molecule has 2 unspecified atom stereocenters. The molecule has 2 rings (SSSR count). The van der Waals surface area contributed by atoms with Crippen molar-refractivity contribution < 1.29 is 9.26 Å². The van der Waals surface area contributed by atoms with Gasteiger partial charge in [-0.25, -0.2) is 0 Å². The molecule has 1 aliphatic heterocycles. The maximum atomic E-state index is 5.80. The lowest BCUT2D eigenvalue weighted by atomic mass is 9.95. The fraction of sp³-hybridized carbons (Fsp3) is 0.846. The summed E-state index contributed by atoms with van der Waals surface area (Å²) in [6, 6.07) is 0.228. The first kappa shape index (κ1) is 13.5. The fourth-order valence-corrected chi connectivity index (χ4v) is 2.26. The summed E-state index contributed by atoms with van der Waals surface area (Å²) in [5.74, 6) is 1.39. The Balaban J connectivity index is 1.92. The zero-order chi connectivity index (χ0) is 13.0. The number of rotatable bonds is 5. The van der Waals surface area contributed by atoms with Gasteiger partial charge in [-0.3, -0.25) is 0 Å². The molecule has 0 bridgehead atoms. The van der Waals surface area contributed by atoms with Gasteiger partial charge in [0.15, 0.2) is 0 Å². The number of aryl methyl sites for hydroxylation is 1. The maximum absolute atomic E-state index is 5.80. The Kier molecular flexibility index (Phi) is 4.35. The van der Waals surface area contributed by atoms with Gasteiger partial charge in [0.05, 0.1) is 0 Å². The number of aromatic nitrogens is 2. The van der Waals surface area contributed by atoms with E-state index in [-0.39, 0.29) is 11.6 Å². The van der Waals surface area contributed by atoms with Crippen molar-refractivity contribution in [2.45, 2.75) is 64.0 Å². The highest BCUT2D eigenvalue weighted by molar-refractivity contribution is 5.00. The average Bonchev–Trinajstić information content (AvgIpc) is 2.79. The third-order valence-corrected chi connectivity index (χ3v) is 3.46. The van der Waals surface area contributed by atoms with Crippen LogP contribution in [0, 0.1) is 0 Å². The molecule has 2 heterocycles. The van der Waals surface area contributed by atoms with Crippen LogP contribution in [-0.4, -0.2) is 22.8 Å². The van der Waals surface area contributed by atoms with Crippen LogP contribution in [0.15, 0.2) is 4.52 Å². The van der Waals surface area contributed by atoms with E-state index in [2.05, 4.69) is 10.1 Å². The predicted molar refractivity (Wildman–Crippen MR) is 68.0 cm³/mol. The first-order valence-corrected chi connectivity index (χ1v) is 6.83. The van der Waals surface area contributed by atoms with Gasteiger partial charge >= 0.3 is 0 Å². The lowest BCUT2D eigenvalue weighted by Gasteiger charge is -2.30. The highest BCUT2D eigenvalue weighted by atomic mass is 16.5. The van der Waals surface area contributed by atoms with Gasteiger partial charge in [-0.15, -0.1) is 0 Å². The third-order valence-electron chi connectivity index (χ3n) is 3.46. The second-order valence-corrected chi connectivity index (χ2v) is 5.42. The van der Waals surface area contributed by atoms with Crippen LogP contribution in [0.2, 0.25) is 0 Å². The van der Waals surface area contributed by atoms with E-state index in [4.69, 9.17) is 15.0 Å². The molecule has 0 radical (unpaired) electrons. The zero-order valence-electron chi connectivity index (χ0n) is 11.3. The van der Waals surface area contributed by atoms with E-state index in [1.165, 1.54) is 0 Å². The normalized spacial score (nSPS) is 26.2. The molecule has 5 heteroatoms. The molecule has 1 aliphatic rings. The first-order valence-electron chi connectivity index (χ1n) is 6.83. The van der Waals surface area contributed by atoms with Crippen molar-refractivity contribution in [3.63, 3.8) is 0 Å². The number of hydrogen-bond donors (Lipinski definition) is 1. The van der Waals surface area contributed by atoms with Crippen molar-refractivity contribution in [3.8, 4) is 0 Å². The van der Waals surface area contributed by atoms with Crippen molar-refractivity contribution in [2.24, 2.45) is 5.73 Å². The van der Waals surface area contributed by atoms with Crippen LogP contribution in [0.4, 0.5) is 0 Å². The molecular formula is C13H23N3O2. The van der Waals surface area contributed by atoms with Crippen molar-refractivity contribution in [1.29, 1.82) is 0 Å². The van der Waals surface area contributed by atoms with Gasteiger partial charge in [-0.05, 0) is 46.0 Å². The van der Waals surface area contributed by atoms with Crippen LogP contribution in [0.5, 0.6) is 0 Å². The summed E-state index contributed by atoms with van der Waals surface area (Å²) in [6.07, 6.45) is 6.00. The molecule has 1 aromatic heterocycles. The van der Waals surface area contributed by atoms with E-state index in [9.17, 15) is 0 Å². The topological polar surface area (TPSA) is 74.2 Å². The highest BCUT2D eigenvalue weighted by Gasteiger charge is 2.34. The monoisotopic (exact) mass is 253 g/mol. The van der Waals surface area contributed by atoms with Crippen LogP contribution >= 0.6 is 0 Å². The smallest absolute Gasteiger partial charge is 0.226 e. The quantitative estimate of drug-likeness (QED) is 0.870. The third kappa shape index (κ3) is 3.29. The van der Waals surface area contributed by atoms with E-state index >= 15 is 0 Å². The summed E-state index contributed by atoms with van der Waals surface area (Å²) < 4.78 is 11.1. The van der Waals surface area contributed by atoms with Crippen LogP contribution in [-0.2, 0) is 16.8 Å². The molecule has 0 amide bonds. The summed E-state index contributed by atoms with van der Waals surface area (Å²) in [4.78, 5) is 4.46. The van der Waals surface area contributed by atoms with Crippen molar-refractivity contribution >= 4 is 0 Å². The Bertz CT molecular complexity index is 370. The largest absolute Gasteiger partial charge is 0.367 e. The molecule has 2 atom stereocenters. The molecule has 0 saturated carbocycles. The summed E-state index contributed by atoms with van der Waals surface area (Å²) in [5.41, 5.74) is 5.35. The van der Waals surface area contributed by atoms with Gasteiger partial charge in [-0.1, -0.05) is 5.16 Å². The Morgan fingerprint density at radius 1 is 1.44 bits per heavy atom. The highest BCUT2D eigenvalue weighted by Crippen LogP contribution is 2.32. The minimum absolute atomic E-state index is 0.228. The van der Waals surface area contributed by atoms with E-state index in [0.717, 1.165) is 45.1 Å². The Hall–Kier alpha value is -0.940. The number of nitrogens with two attached hydrogens (primary N) is 1. The van der Waals surface area contributed by atoms with Gasteiger partial charge in [0.25, 0.3) is 0 Å². The Labute approximate surface area is 108 Å². The van der Waals surface area contributed by atoms with E-state index in [1.54, 1.807) is 0 Å². The maximum Gasteiger partial charge on any atom is 0.226 e. The summed E-state index contributed by atoms with van der Waals surface area (Å²) in [7, 11) is 0. The summed E-state index contributed by atoms with van der Waals surface area (Å²) in [5, 5.41) is 4.07. The van der Waals surface area contributed by atoms with Crippen molar-refractivity contribution in [2.75, 3.05) is 6.61 Å². The predicted octanol–water partition coefficient (Wildman–Crippen LogP) is 2.16. The van der Waals surface area contributed by atoms with Gasteiger partial charge in [0, 0.05) is 19.1 Å². The number of hydrogen-bond acceptors (Lipinski definition) is 5. The van der Waals surface area contributed by atoms with Crippen molar-refractivity contribution in [1.82, 2.24) is 10.1 Å². The number of nitrogens with zero attached hydrogens (tertiary/aromatic N) is 2. The molecule has 1 aromatic rings. The second-order valence-electron chi connectivity index (χ2n) is 5.42. The lowest BCUT2D eigenvalue weighted by Crippen LogP contribution is -2.31. The van der Waals surface area contributed by atoms with Gasteiger partial charge in [0.2, 0.25) is 11.7 Å². The van der Waals surface area contributed by atoms with Crippen LogP contribution in [0.3, 0.4) is 0 Å². The van der Waals surface area contributed by atoms with Gasteiger partial charge < -0.3 is 15.0 Å². The summed E-state index contributed by atoms with van der Waals surface area (Å²) >= 11 is 0. The van der Waals surface area contributed by atoms with E-state index in [0.29, 0.717) is 11.7 Å².